The summed E-state index contributed by atoms with van der Waals surface area (Å²) in [6, 6.07) is 4.54. The Morgan fingerprint density at radius 1 is 1.60 bits per heavy atom. The van der Waals surface area contributed by atoms with Gasteiger partial charge in [-0.25, -0.2) is 4.98 Å². The maximum Gasteiger partial charge on any atom is 0.140 e. The fourth-order valence-corrected chi connectivity index (χ4v) is 2.14. The number of rotatable bonds is 5. The van der Waals surface area contributed by atoms with Gasteiger partial charge >= 0.3 is 0 Å². The molecule has 1 aliphatic carbocycles. The Morgan fingerprint density at radius 2 is 2.40 bits per heavy atom. The van der Waals surface area contributed by atoms with Gasteiger partial charge in [0.2, 0.25) is 0 Å². The SMILES string of the molecule is CCC(CC1CC1)Nc1ncccc1Br. The quantitative estimate of drug-likeness (QED) is 0.878. The second-order valence-electron chi connectivity index (χ2n) is 4.26. The molecule has 1 aromatic heterocycles. The van der Waals surface area contributed by atoms with Crippen molar-refractivity contribution in [1.82, 2.24) is 4.98 Å². The van der Waals surface area contributed by atoms with Crippen LogP contribution >= 0.6 is 15.9 Å². The van der Waals surface area contributed by atoms with E-state index in [1.165, 1.54) is 25.7 Å². The topological polar surface area (TPSA) is 24.9 Å². The maximum absolute atomic E-state index is 4.34. The van der Waals surface area contributed by atoms with Crippen LogP contribution in [0.15, 0.2) is 22.8 Å². The molecule has 82 valence electrons. The van der Waals surface area contributed by atoms with Crippen LogP contribution in [-0.2, 0) is 0 Å². The van der Waals surface area contributed by atoms with E-state index in [-0.39, 0.29) is 0 Å². The third-order valence-corrected chi connectivity index (χ3v) is 3.55. The summed E-state index contributed by atoms with van der Waals surface area (Å²) >= 11 is 3.51. The first-order valence-corrected chi connectivity index (χ1v) is 6.46. The Hall–Kier alpha value is -0.570. The van der Waals surface area contributed by atoms with Gasteiger partial charge in [-0.1, -0.05) is 19.8 Å². The van der Waals surface area contributed by atoms with Crippen molar-refractivity contribution in [1.29, 1.82) is 0 Å². The van der Waals surface area contributed by atoms with E-state index >= 15 is 0 Å². The highest BCUT2D eigenvalue weighted by Gasteiger charge is 2.24. The number of hydrogen-bond acceptors (Lipinski definition) is 2. The van der Waals surface area contributed by atoms with Crippen LogP contribution in [-0.4, -0.2) is 11.0 Å². The normalized spacial score (nSPS) is 17.5. The highest BCUT2D eigenvalue weighted by atomic mass is 79.9. The molecule has 2 nitrogen and oxygen atoms in total. The van der Waals surface area contributed by atoms with Crippen molar-refractivity contribution in [3.05, 3.63) is 22.8 Å². The highest BCUT2D eigenvalue weighted by Crippen LogP contribution is 2.35. The van der Waals surface area contributed by atoms with Gasteiger partial charge < -0.3 is 5.32 Å². The first-order valence-electron chi connectivity index (χ1n) is 5.66. The van der Waals surface area contributed by atoms with E-state index < -0.39 is 0 Å². The fraction of sp³-hybridized carbons (Fsp3) is 0.583. The lowest BCUT2D eigenvalue weighted by atomic mass is 10.1. The molecule has 2 rings (SSSR count). The maximum atomic E-state index is 4.34. The van der Waals surface area contributed by atoms with Gasteiger partial charge in [-0.15, -0.1) is 0 Å². The predicted molar refractivity (Wildman–Crippen MR) is 67.0 cm³/mol. The molecule has 1 aromatic rings. The van der Waals surface area contributed by atoms with Crippen LogP contribution in [0.1, 0.15) is 32.6 Å². The Kier molecular flexibility index (Phi) is 3.62. The molecule has 0 aromatic carbocycles. The Balaban J connectivity index is 1.95. The number of hydrogen-bond donors (Lipinski definition) is 1. The standard InChI is InChI=1S/C12H17BrN2/c1-2-10(8-9-5-6-9)15-12-11(13)4-3-7-14-12/h3-4,7,9-10H,2,5-6,8H2,1H3,(H,14,15). The van der Waals surface area contributed by atoms with Crippen molar-refractivity contribution < 1.29 is 0 Å². The minimum absolute atomic E-state index is 0.573. The number of aromatic nitrogens is 1. The fourth-order valence-electron chi connectivity index (χ4n) is 1.77. The molecule has 1 aliphatic rings. The molecule has 1 fully saturated rings. The van der Waals surface area contributed by atoms with Crippen LogP contribution < -0.4 is 5.32 Å². The number of nitrogens with one attached hydrogen (secondary N) is 1. The van der Waals surface area contributed by atoms with Crippen LogP contribution in [0.4, 0.5) is 5.82 Å². The van der Waals surface area contributed by atoms with Gasteiger partial charge in [-0.3, -0.25) is 0 Å². The minimum atomic E-state index is 0.573. The van der Waals surface area contributed by atoms with Crippen LogP contribution in [0.2, 0.25) is 0 Å². The summed E-state index contributed by atoms with van der Waals surface area (Å²) in [5, 5.41) is 3.51. The zero-order valence-corrected chi connectivity index (χ0v) is 10.6. The first kappa shape index (κ1) is 10.9. The monoisotopic (exact) mass is 268 g/mol. The average molecular weight is 269 g/mol. The van der Waals surface area contributed by atoms with E-state index in [0.717, 1.165) is 16.2 Å². The summed E-state index contributed by atoms with van der Waals surface area (Å²) in [6.45, 7) is 2.23. The molecule has 0 radical (unpaired) electrons. The van der Waals surface area contributed by atoms with E-state index in [0.29, 0.717) is 6.04 Å². The summed E-state index contributed by atoms with van der Waals surface area (Å²) in [5.74, 6) is 1.94. The molecule has 15 heavy (non-hydrogen) atoms. The number of pyridine rings is 1. The van der Waals surface area contributed by atoms with Crippen LogP contribution in [0.5, 0.6) is 0 Å². The van der Waals surface area contributed by atoms with E-state index in [9.17, 15) is 0 Å². The molecule has 0 spiro atoms. The van der Waals surface area contributed by atoms with Gasteiger partial charge in [-0.05, 0) is 46.8 Å². The van der Waals surface area contributed by atoms with E-state index in [4.69, 9.17) is 0 Å². The molecular formula is C12H17BrN2. The summed E-state index contributed by atoms with van der Waals surface area (Å²) in [5.41, 5.74) is 0. The highest BCUT2D eigenvalue weighted by molar-refractivity contribution is 9.10. The summed E-state index contributed by atoms with van der Waals surface area (Å²) in [4.78, 5) is 4.34. The number of halogens is 1. The predicted octanol–water partition coefficient (Wildman–Crippen LogP) is 3.83. The smallest absolute Gasteiger partial charge is 0.140 e. The van der Waals surface area contributed by atoms with E-state index in [2.05, 4.69) is 33.2 Å². The average Bonchev–Trinajstić information content (AvgIpc) is 3.04. The van der Waals surface area contributed by atoms with Gasteiger partial charge in [-0.2, -0.15) is 0 Å². The molecule has 0 aliphatic heterocycles. The molecule has 1 saturated carbocycles. The van der Waals surface area contributed by atoms with Crippen LogP contribution in [0.25, 0.3) is 0 Å². The van der Waals surface area contributed by atoms with Crippen molar-refractivity contribution in [2.75, 3.05) is 5.32 Å². The second kappa shape index (κ2) is 4.97. The number of anilines is 1. The van der Waals surface area contributed by atoms with Crippen molar-refractivity contribution in [3.63, 3.8) is 0 Å². The van der Waals surface area contributed by atoms with Crippen molar-refractivity contribution in [2.45, 2.75) is 38.6 Å². The first-order chi connectivity index (χ1) is 7.29. The molecule has 3 heteroatoms. The summed E-state index contributed by atoms with van der Waals surface area (Å²) in [6.07, 6.45) is 7.12. The molecule has 1 heterocycles. The molecule has 0 saturated heterocycles. The van der Waals surface area contributed by atoms with Crippen molar-refractivity contribution in [3.8, 4) is 0 Å². The Bertz CT molecular complexity index is 323. The molecule has 1 unspecified atom stereocenters. The molecule has 0 amide bonds. The lowest BCUT2D eigenvalue weighted by Gasteiger charge is -2.17. The van der Waals surface area contributed by atoms with Gasteiger partial charge in [0.1, 0.15) is 5.82 Å². The van der Waals surface area contributed by atoms with Crippen molar-refractivity contribution in [2.24, 2.45) is 5.92 Å². The third kappa shape index (κ3) is 3.20. The van der Waals surface area contributed by atoms with Crippen molar-refractivity contribution >= 4 is 21.7 Å². The summed E-state index contributed by atoms with van der Waals surface area (Å²) < 4.78 is 1.05. The molecule has 0 bridgehead atoms. The van der Waals surface area contributed by atoms with Gasteiger partial charge in [0, 0.05) is 12.2 Å². The zero-order chi connectivity index (χ0) is 10.7. The van der Waals surface area contributed by atoms with Crippen LogP contribution in [0, 0.1) is 5.92 Å². The largest absolute Gasteiger partial charge is 0.366 e. The lowest BCUT2D eigenvalue weighted by molar-refractivity contribution is 0.585. The molecule has 1 atom stereocenters. The Morgan fingerprint density at radius 3 is 3.00 bits per heavy atom. The van der Waals surface area contributed by atoms with E-state index in [1.807, 2.05) is 18.3 Å². The molecule has 1 N–H and O–H groups in total. The van der Waals surface area contributed by atoms with Gasteiger partial charge in [0.15, 0.2) is 0 Å². The minimum Gasteiger partial charge on any atom is -0.366 e. The summed E-state index contributed by atoms with van der Waals surface area (Å²) in [7, 11) is 0. The zero-order valence-electron chi connectivity index (χ0n) is 9.04. The van der Waals surface area contributed by atoms with Gasteiger partial charge in [0.25, 0.3) is 0 Å². The lowest BCUT2D eigenvalue weighted by Crippen LogP contribution is -2.20. The second-order valence-corrected chi connectivity index (χ2v) is 5.12. The molecular weight excluding hydrogens is 252 g/mol. The van der Waals surface area contributed by atoms with E-state index in [1.54, 1.807) is 0 Å². The third-order valence-electron chi connectivity index (χ3n) is 2.91. The number of nitrogens with zero attached hydrogens (tertiary/aromatic N) is 1. The van der Waals surface area contributed by atoms with Gasteiger partial charge in [0.05, 0.1) is 4.47 Å². The Labute approximate surface area is 99.6 Å². The van der Waals surface area contributed by atoms with Crippen LogP contribution in [0.3, 0.4) is 0 Å².